The number of hydrogen-bond acceptors (Lipinski definition) is 6. The molecule has 1 aliphatic rings. The second-order valence-corrected chi connectivity index (χ2v) is 10.5. The second kappa shape index (κ2) is 8.32. The van der Waals surface area contributed by atoms with Gasteiger partial charge in [-0.05, 0) is 67.8 Å². The number of amides is 1. The van der Waals surface area contributed by atoms with Gasteiger partial charge in [0.1, 0.15) is 5.75 Å². The Morgan fingerprint density at radius 3 is 2.61 bits per heavy atom. The number of carbonyl (C=O) groups is 1. The van der Waals surface area contributed by atoms with E-state index in [2.05, 4.69) is 10.3 Å². The normalized spacial score (nSPS) is 13.6. The predicted octanol–water partition coefficient (Wildman–Crippen LogP) is 4.09. The van der Waals surface area contributed by atoms with Gasteiger partial charge >= 0.3 is 0 Å². The number of nitrogens with zero attached hydrogens (tertiary/aromatic N) is 2. The van der Waals surface area contributed by atoms with Crippen LogP contribution in [0.3, 0.4) is 0 Å². The molecular formula is C22H23N3O4S2. The van der Waals surface area contributed by atoms with Crippen molar-refractivity contribution in [3.63, 3.8) is 0 Å². The zero-order valence-electron chi connectivity index (χ0n) is 17.5. The van der Waals surface area contributed by atoms with Crippen LogP contribution in [0, 0.1) is 6.92 Å². The van der Waals surface area contributed by atoms with Crippen molar-refractivity contribution in [1.29, 1.82) is 0 Å². The molecule has 0 unspecified atom stereocenters. The number of anilines is 2. The number of nitrogens with one attached hydrogen (secondary N) is 1. The van der Waals surface area contributed by atoms with Gasteiger partial charge in [0.05, 0.1) is 24.7 Å². The van der Waals surface area contributed by atoms with Crippen molar-refractivity contribution in [2.75, 3.05) is 29.5 Å². The van der Waals surface area contributed by atoms with Gasteiger partial charge in [-0.25, -0.2) is 13.4 Å². The van der Waals surface area contributed by atoms with Crippen LogP contribution >= 0.6 is 11.3 Å². The summed E-state index contributed by atoms with van der Waals surface area (Å²) in [5.41, 5.74) is 3.76. The van der Waals surface area contributed by atoms with E-state index in [9.17, 15) is 13.2 Å². The van der Waals surface area contributed by atoms with E-state index < -0.39 is 10.0 Å². The monoisotopic (exact) mass is 457 g/mol. The third-order valence-electron chi connectivity index (χ3n) is 5.20. The highest BCUT2D eigenvalue weighted by Crippen LogP contribution is 2.33. The fourth-order valence-electron chi connectivity index (χ4n) is 3.68. The third kappa shape index (κ3) is 4.42. The topological polar surface area (TPSA) is 88.6 Å². The number of aromatic nitrogens is 1. The average Bonchev–Trinajstić information content (AvgIpc) is 3.12. The number of ether oxygens (including phenoxy) is 1. The zero-order chi connectivity index (χ0) is 22.2. The third-order valence-corrected chi connectivity index (χ3v) is 7.26. The minimum Gasteiger partial charge on any atom is -0.497 e. The number of aryl methyl sites for hydroxylation is 2. The van der Waals surface area contributed by atoms with Crippen molar-refractivity contribution >= 4 is 38.1 Å². The molecule has 9 heteroatoms. The lowest BCUT2D eigenvalue weighted by Crippen LogP contribution is -2.34. The fraction of sp³-hybridized carbons (Fsp3) is 0.273. The molecule has 1 amide bonds. The Labute approximate surface area is 185 Å². The molecule has 1 aromatic heterocycles. The predicted molar refractivity (Wildman–Crippen MR) is 124 cm³/mol. The lowest BCUT2D eigenvalue weighted by Gasteiger charge is -2.29. The Morgan fingerprint density at radius 1 is 1.19 bits per heavy atom. The number of methoxy groups -OCH3 is 1. The van der Waals surface area contributed by atoms with E-state index in [0.717, 1.165) is 40.3 Å². The first-order chi connectivity index (χ1) is 14.8. The van der Waals surface area contributed by atoms with E-state index in [1.165, 1.54) is 21.9 Å². The summed E-state index contributed by atoms with van der Waals surface area (Å²) in [6.07, 6.45) is 2.66. The van der Waals surface area contributed by atoms with Crippen LogP contribution < -0.4 is 14.4 Å². The summed E-state index contributed by atoms with van der Waals surface area (Å²) < 4.78 is 30.7. The second-order valence-electron chi connectivity index (χ2n) is 7.39. The number of carbonyl (C=O) groups excluding carboxylic acids is 1. The lowest BCUT2D eigenvalue weighted by molar-refractivity contribution is 0.102. The number of sulfonamides is 1. The largest absolute Gasteiger partial charge is 0.497 e. The SMILES string of the molecule is COc1ccc(-c2nc(NC(=O)c3ccc4c(c3)CCCN4S(C)(=O)=O)sc2C)cc1. The first-order valence-electron chi connectivity index (χ1n) is 9.80. The molecule has 0 saturated heterocycles. The molecule has 7 nitrogen and oxygen atoms in total. The van der Waals surface area contributed by atoms with Gasteiger partial charge in [0, 0.05) is 22.5 Å². The average molecular weight is 458 g/mol. The van der Waals surface area contributed by atoms with Crippen LogP contribution in [-0.2, 0) is 16.4 Å². The highest BCUT2D eigenvalue weighted by Gasteiger charge is 2.25. The van der Waals surface area contributed by atoms with Crippen LogP contribution in [0.25, 0.3) is 11.3 Å². The molecule has 2 heterocycles. The smallest absolute Gasteiger partial charge is 0.257 e. The van der Waals surface area contributed by atoms with Crippen LogP contribution in [0.15, 0.2) is 42.5 Å². The molecule has 0 radical (unpaired) electrons. The number of rotatable bonds is 5. The van der Waals surface area contributed by atoms with Gasteiger partial charge in [-0.2, -0.15) is 0 Å². The van der Waals surface area contributed by atoms with Crippen LogP contribution in [0.5, 0.6) is 5.75 Å². The van der Waals surface area contributed by atoms with Gasteiger partial charge in [0.25, 0.3) is 5.91 Å². The first kappa shape index (κ1) is 21.3. The molecule has 0 bridgehead atoms. The Kier molecular flexibility index (Phi) is 5.72. The van der Waals surface area contributed by atoms with Gasteiger partial charge in [-0.1, -0.05) is 0 Å². The van der Waals surface area contributed by atoms with Gasteiger partial charge in [-0.15, -0.1) is 11.3 Å². The fourth-order valence-corrected chi connectivity index (χ4v) is 5.51. The minimum atomic E-state index is -3.34. The van der Waals surface area contributed by atoms with Gasteiger partial charge in [0.15, 0.2) is 5.13 Å². The Bertz CT molecular complexity index is 1230. The molecule has 162 valence electrons. The van der Waals surface area contributed by atoms with Crippen molar-refractivity contribution in [3.05, 3.63) is 58.5 Å². The molecule has 1 aliphatic heterocycles. The van der Waals surface area contributed by atoms with Crippen LogP contribution in [0.4, 0.5) is 10.8 Å². The molecule has 0 atom stereocenters. The van der Waals surface area contributed by atoms with Crippen molar-refractivity contribution in [2.24, 2.45) is 0 Å². The van der Waals surface area contributed by atoms with Gasteiger partial charge < -0.3 is 4.74 Å². The Hall–Kier alpha value is -2.91. The molecule has 4 rings (SSSR count). The minimum absolute atomic E-state index is 0.269. The molecule has 0 saturated carbocycles. The van der Waals surface area contributed by atoms with Crippen molar-refractivity contribution in [1.82, 2.24) is 4.98 Å². The van der Waals surface area contributed by atoms with Gasteiger partial charge in [-0.3, -0.25) is 14.4 Å². The summed E-state index contributed by atoms with van der Waals surface area (Å²) in [5.74, 6) is 0.501. The van der Waals surface area contributed by atoms with Crippen LogP contribution in [0.1, 0.15) is 27.2 Å². The molecule has 0 fully saturated rings. The van der Waals surface area contributed by atoms with E-state index in [-0.39, 0.29) is 5.91 Å². The first-order valence-corrected chi connectivity index (χ1v) is 12.5. The number of thiazole rings is 1. The summed E-state index contributed by atoms with van der Waals surface area (Å²) >= 11 is 1.41. The molecular weight excluding hydrogens is 434 g/mol. The van der Waals surface area contributed by atoms with Crippen molar-refractivity contribution in [3.8, 4) is 17.0 Å². The molecule has 1 N–H and O–H groups in total. The van der Waals surface area contributed by atoms with E-state index >= 15 is 0 Å². The van der Waals surface area contributed by atoms with E-state index in [1.807, 2.05) is 31.2 Å². The maximum absolute atomic E-state index is 12.8. The summed E-state index contributed by atoms with van der Waals surface area (Å²) in [4.78, 5) is 18.4. The lowest BCUT2D eigenvalue weighted by atomic mass is 10.0. The highest BCUT2D eigenvalue weighted by molar-refractivity contribution is 7.92. The summed E-state index contributed by atoms with van der Waals surface area (Å²) in [7, 11) is -1.72. The number of benzene rings is 2. The summed E-state index contributed by atoms with van der Waals surface area (Å²) in [5, 5.41) is 3.39. The van der Waals surface area contributed by atoms with E-state index in [4.69, 9.17) is 4.74 Å². The highest BCUT2D eigenvalue weighted by atomic mass is 32.2. The molecule has 0 aliphatic carbocycles. The summed E-state index contributed by atoms with van der Waals surface area (Å²) in [6.45, 7) is 2.43. The van der Waals surface area contributed by atoms with E-state index in [0.29, 0.717) is 22.9 Å². The van der Waals surface area contributed by atoms with Crippen molar-refractivity contribution in [2.45, 2.75) is 19.8 Å². The molecule has 2 aromatic carbocycles. The van der Waals surface area contributed by atoms with E-state index in [1.54, 1.807) is 25.3 Å². The Morgan fingerprint density at radius 2 is 1.94 bits per heavy atom. The maximum atomic E-state index is 12.8. The molecule has 0 spiro atoms. The standard InChI is InChI=1S/C22H23N3O4S2/c1-14-20(15-6-9-18(29-2)10-7-15)23-22(30-14)24-21(26)17-8-11-19-16(13-17)5-4-12-25(19)31(3,27)28/h6-11,13H,4-5,12H2,1-3H3,(H,23,24,26). The maximum Gasteiger partial charge on any atom is 0.257 e. The number of hydrogen-bond donors (Lipinski definition) is 1. The molecule has 3 aromatic rings. The zero-order valence-corrected chi connectivity index (χ0v) is 19.1. The van der Waals surface area contributed by atoms with Crippen molar-refractivity contribution < 1.29 is 17.9 Å². The summed E-state index contributed by atoms with van der Waals surface area (Å²) in [6, 6.07) is 12.8. The Balaban J connectivity index is 1.55. The van der Waals surface area contributed by atoms with Crippen LogP contribution in [-0.4, -0.2) is 39.2 Å². The van der Waals surface area contributed by atoms with Gasteiger partial charge in [0.2, 0.25) is 10.0 Å². The van der Waals surface area contributed by atoms with Crippen LogP contribution in [0.2, 0.25) is 0 Å². The quantitative estimate of drug-likeness (QED) is 0.623. The number of fused-ring (bicyclic) bond motifs is 1. The molecule has 31 heavy (non-hydrogen) atoms.